The molecule has 0 aliphatic carbocycles. The largest absolute Gasteiger partial charge is 0.506 e. The second-order valence-corrected chi connectivity index (χ2v) is 4.39. The van der Waals surface area contributed by atoms with Gasteiger partial charge >= 0.3 is 0 Å². The number of nitrogens with two attached hydrogens (primary N) is 1. The molecule has 0 unspecified atom stereocenters. The number of oxazole rings is 1. The lowest BCUT2D eigenvalue weighted by Crippen LogP contribution is -1.89. The van der Waals surface area contributed by atoms with Gasteiger partial charge in [-0.15, -0.1) is 0 Å². The van der Waals surface area contributed by atoms with Crippen LogP contribution in [0.4, 0.5) is 5.69 Å². The Balaban J connectivity index is 2.49. The molecule has 0 radical (unpaired) electrons. The molecule has 1 aromatic heterocycles. The van der Waals surface area contributed by atoms with E-state index in [2.05, 4.69) is 4.98 Å². The first-order valence-electron chi connectivity index (χ1n) is 5.55. The number of nitrogens with zero attached hydrogens (tertiary/aromatic N) is 1. The fourth-order valence-corrected chi connectivity index (χ4v) is 1.63. The van der Waals surface area contributed by atoms with Crippen molar-refractivity contribution in [3.05, 3.63) is 29.9 Å². The summed E-state index contributed by atoms with van der Waals surface area (Å²) in [6.45, 7) is 5.93. The highest BCUT2D eigenvalue weighted by Crippen LogP contribution is 2.30. The van der Waals surface area contributed by atoms with Crippen molar-refractivity contribution in [2.75, 3.05) is 5.73 Å². The Hall–Kier alpha value is -1.97. The lowest BCUT2D eigenvalue weighted by molar-refractivity contribution is 0.450. The summed E-state index contributed by atoms with van der Waals surface area (Å²) in [4.78, 5) is 4.45. The normalized spacial score (nSPS) is 11.1. The molecule has 0 aliphatic heterocycles. The highest BCUT2D eigenvalue weighted by atomic mass is 16.4. The Bertz CT molecular complexity index is 544. The molecule has 0 saturated carbocycles. The average molecular weight is 232 g/mol. The summed E-state index contributed by atoms with van der Waals surface area (Å²) >= 11 is 0. The number of anilines is 1. The molecule has 4 heteroatoms. The van der Waals surface area contributed by atoms with E-state index in [4.69, 9.17) is 10.2 Å². The van der Waals surface area contributed by atoms with Crippen LogP contribution in [0.2, 0.25) is 0 Å². The number of hydrogen-bond donors (Lipinski definition) is 2. The third kappa shape index (κ3) is 2.11. The van der Waals surface area contributed by atoms with Crippen molar-refractivity contribution in [2.24, 2.45) is 0 Å². The molecule has 0 aliphatic rings. The molecule has 0 spiro atoms. The maximum absolute atomic E-state index is 9.38. The second-order valence-electron chi connectivity index (χ2n) is 4.39. The minimum atomic E-state index is 0.0824. The van der Waals surface area contributed by atoms with Gasteiger partial charge in [-0.2, -0.15) is 0 Å². The highest BCUT2D eigenvalue weighted by Gasteiger charge is 2.14. The second kappa shape index (κ2) is 4.13. The number of aromatic nitrogens is 1. The Kier molecular flexibility index (Phi) is 2.79. The molecular formula is C13H16N2O2. The van der Waals surface area contributed by atoms with E-state index in [0.717, 1.165) is 17.0 Å². The minimum Gasteiger partial charge on any atom is -0.506 e. The van der Waals surface area contributed by atoms with Crippen LogP contribution in [0.3, 0.4) is 0 Å². The average Bonchev–Trinajstić information content (AvgIpc) is 2.65. The summed E-state index contributed by atoms with van der Waals surface area (Å²) in [6, 6.07) is 5.04. The molecule has 1 heterocycles. The maximum Gasteiger partial charge on any atom is 0.197 e. The number of aryl methyl sites for hydroxylation is 1. The van der Waals surface area contributed by atoms with E-state index in [0.29, 0.717) is 11.6 Å². The van der Waals surface area contributed by atoms with E-state index >= 15 is 0 Å². The van der Waals surface area contributed by atoms with Crippen molar-refractivity contribution in [1.29, 1.82) is 0 Å². The molecule has 2 aromatic rings. The molecule has 3 N–H and O–H groups in total. The quantitative estimate of drug-likeness (QED) is 0.616. The van der Waals surface area contributed by atoms with Crippen molar-refractivity contribution in [1.82, 2.24) is 4.98 Å². The van der Waals surface area contributed by atoms with Crippen molar-refractivity contribution in [3.8, 4) is 17.0 Å². The predicted molar refractivity (Wildman–Crippen MR) is 66.8 cm³/mol. The van der Waals surface area contributed by atoms with Crippen molar-refractivity contribution >= 4 is 5.69 Å². The van der Waals surface area contributed by atoms with Crippen LogP contribution in [0.1, 0.15) is 31.4 Å². The van der Waals surface area contributed by atoms with E-state index in [1.807, 2.05) is 20.8 Å². The summed E-state index contributed by atoms with van der Waals surface area (Å²) in [5, 5.41) is 9.38. The van der Waals surface area contributed by atoms with Gasteiger partial charge in [-0.05, 0) is 25.1 Å². The van der Waals surface area contributed by atoms with E-state index in [1.54, 1.807) is 18.2 Å². The molecule has 2 rings (SSSR count). The maximum atomic E-state index is 9.38. The summed E-state index contributed by atoms with van der Waals surface area (Å²) in [7, 11) is 0. The Labute approximate surface area is 100 Å². The third-order valence-electron chi connectivity index (χ3n) is 2.61. The van der Waals surface area contributed by atoms with Gasteiger partial charge in [-0.3, -0.25) is 0 Å². The van der Waals surface area contributed by atoms with E-state index in [-0.39, 0.29) is 11.7 Å². The van der Waals surface area contributed by atoms with Gasteiger partial charge < -0.3 is 15.3 Å². The van der Waals surface area contributed by atoms with Gasteiger partial charge in [0.2, 0.25) is 0 Å². The molecule has 4 nitrogen and oxygen atoms in total. The minimum absolute atomic E-state index is 0.0824. The number of nitrogen functional groups attached to an aromatic ring is 1. The zero-order chi connectivity index (χ0) is 12.6. The number of hydrogen-bond acceptors (Lipinski definition) is 4. The van der Waals surface area contributed by atoms with Gasteiger partial charge in [0.05, 0.1) is 5.69 Å². The van der Waals surface area contributed by atoms with E-state index < -0.39 is 0 Å². The van der Waals surface area contributed by atoms with Crippen molar-refractivity contribution in [3.63, 3.8) is 0 Å². The molecule has 0 bridgehead atoms. The van der Waals surface area contributed by atoms with E-state index in [9.17, 15) is 5.11 Å². The Morgan fingerprint density at radius 3 is 2.59 bits per heavy atom. The van der Waals surface area contributed by atoms with Gasteiger partial charge in [0.15, 0.2) is 5.89 Å². The molecule has 0 amide bonds. The number of aromatic hydroxyl groups is 1. The lowest BCUT2D eigenvalue weighted by Gasteiger charge is -2.01. The molecule has 0 fully saturated rings. The van der Waals surface area contributed by atoms with Crippen LogP contribution in [0, 0.1) is 6.92 Å². The number of rotatable bonds is 2. The molecular weight excluding hydrogens is 216 g/mol. The smallest absolute Gasteiger partial charge is 0.197 e. The molecule has 1 aromatic carbocycles. The summed E-state index contributed by atoms with van der Waals surface area (Å²) in [5.74, 6) is 1.80. The molecule has 0 saturated heterocycles. The van der Waals surface area contributed by atoms with Gasteiger partial charge in [-0.25, -0.2) is 4.98 Å². The van der Waals surface area contributed by atoms with Crippen LogP contribution in [0.25, 0.3) is 11.3 Å². The number of phenolic OH excluding ortho intramolecular Hbond substituents is 1. The Morgan fingerprint density at radius 1 is 1.35 bits per heavy atom. The van der Waals surface area contributed by atoms with Gasteiger partial charge in [0.1, 0.15) is 17.2 Å². The van der Waals surface area contributed by atoms with Gasteiger partial charge in [0, 0.05) is 11.5 Å². The van der Waals surface area contributed by atoms with Crippen LogP contribution in [0.15, 0.2) is 22.6 Å². The lowest BCUT2D eigenvalue weighted by atomic mass is 10.1. The third-order valence-corrected chi connectivity index (χ3v) is 2.61. The first-order valence-corrected chi connectivity index (χ1v) is 5.55. The fraction of sp³-hybridized carbons (Fsp3) is 0.308. The molecule has 17 heavy (non-hydrogen) atoms. The van der Waals surface area contributed by atoms with Crippen LogP contribution in [0.5, 0.6) is 5.75 Å². The summed E-state index contributed by atoms with van der Waals surface area (Å²) < 4.78 is 5.59. The number of benzene rings is 1. The topological polar surface area (TPSA) is 72.3 Å². The zero-order valence-electron chi connectivity index (χ0n) is 10.2. The molecule has 90 valence electrons. The summed E-state index contributed by atoms with van der Waals surface area (Å²) in [5.41, 5.74) is 7.64. The van der Waals surface area contributed by atoms with Gasteiger partial charge in [0.25, 0.3) is 0 Å². The van der Waals surface area contributed by atoms with Crippen LogP contribution < -0.4 is 5.73 Å². The summed E-state index contributed by atoms with van der Waals surface area (Å²) in [6.07, 6.45) is 0. The fourth-order valence-electron chi connectivity index (χ4n) is 1.63. The van der Waals surface area contributed by atoms with Gasteiger partial charge in [-0.1, -0.05) is 13.8 Å². The van der Waals surface area contributed by atoms with Crippen molar-refractivity contribution < 1.29 is 9.52 Å². The predicted octanol–water partition coefficient (Wildman–Crippen LogP) is 3.06. The molecule has 0 atom stereocenters. The van der Waals surface area contributed by atoms with Crippen LogP contribution in [-0.2, 0) is 0 Å². The van der Waals surface area contributed by atoms with Crippen LogP contribution in [-0.4, -0.2) is 10.1 Å². The standard InChI is InChI=1S/C13H16N2O2/c1-7(2)13-15-12(8(3)17-13)9-4-5-11(16)10(14)6-9/h4-7,16H,14H2,1-3H3. The Morgan fingerprint density at radius 2 is 2.06 bits per heavy atom. The SMILES string of the molecule is Cc1oc(C(C)C)nc1-c1ccc(O)c(N)c1. The number of phenols is 1. The van der Waals surface area contributed by atoms with Crippen molar-refractivity contribution in [2.45, 2.75) is 26.7 Å². The first-order chi connectivity index (χ1) is 7.99. The van der Waals surface area contributed by atoms with Crippen LogP contribution >= 0.6 is 0 Å². The first kappa shape index (κ1) is 11.5. The van der Waals surface area contributed by atoms with E-state index in [1.165, 1.54) is 0 Å². The zero-order valence-corrected chi connectivity index (χ0v) is 10.2. The highest BCUT2D eigenvalue weighted by molar-refractivity contribution is 5.69. The monoisotopic (exact) mass is 232 g/mol.